The van der Waals surface area contributed by atoms with Gasteiger partial charge in [-0.05, 0) is 32.1 Å². The number of amides is 1. The van der Waals surface area contributed by atoms with Gasteiger partial charge in [-0.25, -0.2) is 9.59 Å². The molecule has 0 radical (unpaired) electrons. The number of likely N-dealkylation sites (tertiary alicyclic amines) is 1. The minimum absolute atomic E-state index is 0.266. The van der Waals surface area contributed by atoms with Crippen molar-refractivity contribution < 1.29 is 19.1 Å². The zero-order valence-corrected chi connectivity index (χ0v) is 16.3. The lowest BCUT2D eigenvalue weighted by atomic mass is 10.0. The third kappa shape index (κ3) is 9.13. The molecule has 0 aromatic rings. The van der Waals surface area contributed by atoms with Crippen LogP contribution in [0.25, 0.3) is 0 Å². The summed E-state index contributed by atoms with van der Waals surface area (Å²) >= 11 is 0. The Bertz CT molecular complexity index is 373. The molecule has 0 aromatic heterocycles. The van der Waals surface area contributed by atoms with Gasteiger partial charge in [0.25, 0.3) is 0 Å². The molecule has 1 aliphatic rings. The summed E-state index contributed by atoms with van der Waals surface area (Å²) < 4.78 is 10.7. The molecule has 5 heteroatoms. The molecule has 1 rings (SSSR count). The summed E-state index contributed by atoms with van der Waals surface area (Å²) in [6, 6.07) is -0.465. The first kappa shape index (κ1) is 21.8. The van der Waals surface area contributed by atoms with E-state index in [1.165, 1.54) is 32.1 Å². The maximum atomic E-state index is 12.3. The topological polar surface area (TPSA) is 55.8 Å². The van der Waals surface area contributed by atoms with Gasteiger partial charge in [0, 0.05) is 6.54 Å². The minimum Gasteiger partial charge on any atom is -0.464 e. The maximum Gasteiger partial charge on any atom is 0.410 e. The normalized spacial score (nSPS) is 17.4. The summed E-state index contributed by atoms with van der Waals surface area (Å²) in [7, 11) is 0. The van der Waals surface area contributed by atoms with E-state index in [0.717, 1.165) is 38.5 Å². The first-order valence-corrected chi connectivity index (χ1v) is 10.3. The summed E-state index contributed by atoms with van der Waals surface area (Å²) in [4.78, 5) is 26.1. The molecule has 0 saturated carbocycles. The number of ether oxygens (including phenoxy) is 2. The zero-order chi connectivity index (χ0) is 18.3. The van der Waals surface area contributed by atoms with Crippen molar-refractivity contribution in [2.45, 2.75) is 96.9 Å². The number of piperidine rings is 1. The molecule has 146 valence electrons. The fourth-order valence-electron chi connectivity index (χ4n) is 3.11. The highest BCUT2D eigenvalue weighted by molar-refractivity contribution is 5.81. The average molecular weight is 356 g/mol. The second-order valence-electron chi connectivity index (χ2n) is 6.96. The number of carbonyl (C=O) groups excluding carboxylic acids is 2. The van der Waals surface area contributed by atoms with Crippen LogP contribution in [0.2, 0.25) is 0 Å². The van der Waals surface area contributed by atoms with Gasteiger partial charge in [0.2, 0.25) is 0 Å². The first-order chi connectivity index (χ1) is 12.2. The number of carbonyl (C=O) groups is 2. The standard InChI is InChI=1S/C20H37NO4/c1-3-5-7-8-9-10-13-17-24-19(22)18-14-11-12-15-21(18)20(23)25-16-6-4-2/h18H,3-17H2,1-2H3. The van der Waals surface area contributed by atoms with E-state index in [1.54, 1.807) is 4.90 Å². The molecule has 1 fully saturated rings. The van der Waals surface area contributed by atoms with Gasteiger partial charge >= 0.3 is 12.1 Å². The number of hydrogen-bond acceptors (Lipinski definition) is 4. The summed E-state index contributed by atoms with van der Waals surface area (Å²) in [5, 5.41) is 0. The Hall–Kier alpha value is -1.26. The van der Waals surface area contributed by atoms with E-state index in [4.69, 9.17) is 9.47 Å². The molecule has 0 aliphatic carbocycles. The third-order valence-electron chi connectivity index (χ3n) is 4.73. The predicted octanol–water partition coefficient (Wildman–Crippen LogP) is 5.07. The lowest BCUT2D eigenvalue weighted by Crippen LogP contribution is -2.49. The van der Waals surface area contributed by atoms with Crippen molar-refractivity contribution in [2.75, 3.05) is 19.8 Å². The Morgan fingerprint density at radius 3 is 2.20 bits per heavy atom. The zero-order valence-electron chi connectivity index (χ0n) is 16.3. The summed E-state index contributed by atoms with van der Waals surface area (Å²) in [6.45, 7) is 5.74. The van der Waals surface area contributed by atoms with Gasteiger partial charge in [0.1, 0.15) is 6.04 Å². The smallest absolute Gasteiger partial charge is 0.410 e. The Balaban J connectivity index is 2.25. The van der Waals surface area contributed by atoms with Crippen LogP contribution in [0.15, 0.2) is 0 Å². The van der Waals surface area contributed by atoms with E-state index >= 15 is 0 Å². The van der Waals surface area contributed by atoms with Crippen LogP contribution in [0.1, 0.15) is 90.9 Å². The Labute approximate surface area is 153 Å². The SMILES string of the molecule is CCCCCCCCCOC(=O)C1CCCCN1C(=O)OCCCC. The van der Waals surface area contributed by atoms with Crippen LogP contribution in [0.3, 0.4) is 0 Å². The van der Waals surface area contributed by atoms with Crippen LogP contribution in [-0.4, -0.2) is 42.8 Å². The van der Waals surface area contributed by atoms with Crippen LogP contribution in [0, 0.1) is 0 Å². The van der Waals surface area contributed by atoms with Gasteiger partial charge in [0.05, 0.1) is 13.2 Å². The van der Waals surface area contributed by atoms with Crippen LogP contribution >= 0.6 is 0 Å². The molecule has 1 amide bonds. The average Bonchev–Trinajstić information content (AvgIpc) is 2.64. The highest BCUT2D eigenvalue weighted by Crippen LogP contribution is 2.19. The highest BCUT2D eigenvalue weighted by Gasteiger charge is 2.34. The van der Waals surface area contributed by atoms with Crippen molar-refractivity contribution in [3.8, 4) is 0 Å². The fraction of sp³-hybridized carbons (Fsp3) is 0.900. The second kappa shape index (κ2) is 14.0. The first-order valence-electron chi connectivity index (χ1n) is 10.3. The fourth-order valence-corrected chi connectivity index (χ4v) is 3.11. The lowest BCUT2D eigenvalue weighted by molar-refractivity contribution is -0.150. The minimum atomic E-state index is -0.465. The van der Waals surface area contributed by atoms with Gasteiger partial charge < -0.3 is 9.47 Å². The molecule has 0 spiro atoms. The molecule has 1 saturated heterocycles. The largest absolute Gasteiger partial charge is 0.464 e. The van der Waals surface area contributed by atoms with E-state index in [9.17, 15) is 9.59 Å². The van der Waals surface area contributed by atoms with Crippen LogP contribution in [0.4, 0.5) is 4.79 Å². The van der Waals surface area contributed by atoms with Gasteiger partial charge in [-0.3, -0.25) is 4.90 Å². The van der Waals surface area contributed by atoms with Crippen LogP contribution < -0.4 is 0 Å². The van der Waals surface area contributed by atoms with Gasteiger partial charge in [-0.2, -0.15) is 0 Å². The molecular formula is C20H37NO4. The van der Waals surface area contributed by atoms with Gasteiger partial charge in [0.15, 0.2) is 0 Å². The number of unbranched alkanes of at least 4 members (excludes halogenated alkanes) is 7. The number of esters is 1. The molecule has 1 heterocycles. The molecule has 1 aliphatic heterocycles. The van der Waals surface area contributed by atoms with Crippen molar-refractivity contribution in [3.05, 3.63) is 0 Å². The van der Waals surface area contributed by atoms with Crippen LogP contribution in [0.5, 0.6) is 0 Å². The summed E-state index contributed by atoms with van der Waals surface area (Å²) in [5.74, 6) is -0.266. The number of nitrogens with zero attached hydrogens (tertiary/aromatic N) is 1. The monoisotopic (exact) mass is 355 g/mol. The Morgan fingerprint density at radius 1 is 0.840 bits per heavy atom. The quantitative estimate of drug-likeness (QED) is 0.362. The molecule has 0 N–H and O–H groups in total. The van der Waals surface area contributed by atoms with Crippen molar-refractivity contribution in [2.24, 2.45) is 0 Å². The van der Waals surface area contributed by atoms with E-state index in [2.05, 4.69) is 13.8 Å². The predicted molar refractivity (Wildman–Crippen MR) is 99.6 cm³/mol. The van der Waals surface area contributed by atoms with Gasteiger partial charge in [-0.1, -0.05) is 58.8 Å². The number of hydrogen-bond donors (Lipinski definition) is 0. The molecular weight excluding hydrogens is 318 g/mol. The van der Waals surface area contributed by atoms with E-state index in [1.807, 2.05) is 0 Å². The lowest BCUT2D eigenvalue weighted by Gasteiger charge is -2.33. The van der Waals surface area contributed by atoms with Crippen molar-refractivity contribution >= 4 is 12.1 Å². The van der Waals surface area contributed by atoms with Crippen molar-refractivity contribution in [1.82, 2.24) is 4.90 Å². The van der Waals surface area contributed by atoms with Crippen LogP contribution in [-0.2, 0) is 14.3 Å². The van der Waals surface area contributed by atoms with E-state index < -0.39 is 6.04 Å². The molecule has 1 unspecified atom stereocenters. The second-order valence-corrected chi connectivity index (χ2v) is 6.96. The third-order valence-corrected chi connectivity index (χ3v) is 4.73. The van der Waals surface area contributed by atoms with E-state index in [-0.39, 0.29) is 12.1 Å². The van der Waals surface area contributed by atoms with Crippen molar-refractivity contribution in [1.29, 1.82) is 0 Å². The molecule has 0 bridgehead atoms. The van der Waals surface area contributed by atoms with Gasteiger partial charge in [-0.15, -0.1) is 0 Å². The highest BCUT2D eigenvalue weighted by atomic mass is 16.6. The molecule has 0 aromatic carbocycles. The molecule has 25 heavy (non-hydrogen) atoms. The summed E-state index contributed by atoms with van der Waals surface area (Å²) in [5.41, 5.74) is 0. The Kier molecular flexibility index (Phi) is 12.2. The maximum absolute atomic E-state index is 12.3. The number of rotatable bonds is 12. The Morgan fingerprint density at radius 2 is 1.48 bits per heavy atom. The summed E-state index contributed by atoms with van der Waals surface area (Å²) in [6.07, 6.45) is 12.4. The molecule has 5 nitrogen and oxygen atoms in total. The van der Waals surface area contributed by atoms with E-state index in [0.29, 0.717) is 26.2 Å². The molecule has 1 atom stereocenters. The van der Waals surface area contributed by atoms with Crippen molar-refractivity contribution in [3.63, 3.8) is 0 Å².